The number of esters is 1. The summed E-state index contributed by atoms with van der Waals surface area (Å²) >= 11 is 0. The van der Waals surface area contributed by atoms with Gasteiger partial charge in [0.15, 0.2) is 0 Å². The Labute approximate surface area is 83.1 Å². The summed E-state index contributed by atoms with van der Waals surface area (Å²) in [5, 5.41) is 8.03. The number of unbranched alkanes of at least 4 members (excludes halogenated alkanes) is 1. The van der Waals surface area contributed by atoms with Gasteiger partial charge in [0.2, 0.25) is 0 Å². The molecular weight excluding hydrogens is 188 g/mol. The number of carboxylic acid groups (broad SMARTS) is 1. The lowest BCUT2D eigenvalue weighted by molar-refractivity contribution is -0.153. The first-order valence-corrected chi connectivity index (χ1v) is 4.43. The molecule has 0 aromatic heterocycles. The second-order valence-electron chi connectivity index (χ2n) is 2.48. The van der Waals surface area contributed by atoms with Gasteiger partial charge in [0.05, 0.1) is 12.8 Å². The first-order valence-electron chi connectivity index (χ1n) is 4.43. The molecule has 1 N–H and O–H groups in total. The van der Waals surface area contributed by atoms with Crippen molar-refractivity contribution in [2.75, 3.05) is 0 Å². The summed E-state index contributed by atoms with van der Waals surface area (Å²) in [6.07, 6.45) is 2.06. The van der Waals surface area contributed by atoms with Gasteiger partial charge < -0.3 is 9.84 Å². The summed E-state index contributed by atoms with van der Waals surface area (Å²) in [7, 11) is 0. The molecule has 0 fully saturated rings. The molecule has 0 bridgehead atoms. The van der Waals surface area contributed by atoms with Crippen LogP contribution in [0.2, 0.25) is 0 Å². The predicted molar refractivity (Wildman–Crippen MR) is 49.6 cm³/mol. The normalized spacial score (nSPS) is 8.14. The van der Waals surface area contributed by atoms with Crippen LogP contribution in [0.1, 0.15) is 39.5 Å². The van der Waals surface area contributed by atoms with E-state index in [0.29, 0.717) is 0 Å². The lowest BCUT2D eigenvalue weighted by atomic mass is 10.3. The van der Waals surface area contributed by atoms with E-state index in [1.54, 1.807) is 0 Å². The van der Waals surface area contributed by atoms with Gasteiger partial charge in [-0.15, -0.1) is 0 Å². The fraction of sp³-hybridized carbons (Fsp3) is 0.667. The third-order valence-corrected chi connectivity index (χ3v) is 1.22. The Kier molecular flexibility index (Phi) is 12.5. The molecule has 14 heavy (non-hydrogen) atoms. The predicted octanol–water partition coefficient (Wildman–Crippen LogP) is 1.36. The summed E-state index contributed by atoms with van der Waals surface area (Å²) in [4.78, 5) is 29.5. The molecule has 0 spiro atoms. The van der Waals surface area contributed by atoms with Gasteiger partial charge in [0.1, 0.15) is 0 Å². The largest absolute Gasteiger partial charge is 0.481 e. The molecular formula is C9H16O5. The van der Waals surface area contributed by atoms with Gasteiger partial charge in [-0.1, -0.05) is 26.7 Å². The Hall–Kier alpha value is -1.39. The number of ether oxygens (including phenoxy) is 1. The Morgan fingerprint density at radius 2 is 1.71 bits per heavy atom. The topological polar surface area (TPSA) is 80.7 Å². The zero-order valence-corrected chi connectivity index (χ0v) is 8.49. The van der Waals surface area contributed by atoms with Gasteiger partial charge in [-0.25, -0.2) is 0 Å². The van der Waals surface area contributed by atoms with E-state index in [2.05, 4.69) is 18.6 Å². The highest BCUT2D eigenvalue weighted by molar-refractivity contribution is 5.80. The molecule has 0 saturated carbocycles. The summed E-state index contributed by atoms with van der Waals surface area (Å²) < 4.78 is 3.81. The minimum Gasteiger partial charge on any atom is -0.481 e. The van der Waals surface area contributed by atoms with Crippen LogP contribution in [0.4, 0.5) is 0 Å². The minimum absolute atomic E-state index is 0.0236. The number of aliphatic carboxylic acids is 1. The van der Waals surface area contributed by atoms with Crippen molar-refractivity contribution in [2.24, 2.45) is 0 Å². The Morgan fingerprint density at radius 3 is 2.00 bits per heavy atom. The van der Waals surface area contributed by atoms with Gasteiger partial charge in [0, 0.05) is 0 Å². The maximum Gasteiger partial charge on any atom is 0.313 e. The van der Waals surface area contributed by atoms with Crippen LogP contribution < -0.4 is 0 Å². The van der Waals surface area contributed by atoms with Crippen LogP contribution in [0.5, 0.6) is 0 Å². The fourth-order valence-corrected chi connectivity index (χ4v) is 0.322. The van der Waals surface area contributed by atoms with Crippen LogP contribution >= 0.6 is 0 Å². The lowest BCUT2D eigenvalue weighted by Crippen LogP contribution is -2.05. The van der Waals surface area contributed by atoms with Gasteiger partial charge in [-0.05, 0) is 0 Å². The smallest absolute Gasteiger partial charge is 0.313 e. The third kappa shape index (κ3) is 16.9. The highest BCUT2D eigenvalue weighted by Gasteiger charge is 2.04. The van der Waals surface area contributed by atoms with E-state index in [-0.39, 0.29) is 19.3 Å². The molecule has 82 valence electrons. The molecule has 0 amide bonds. The molecule has 0 aliphatic rings. The molecule has 0 rings (SSSR count). The molecule has 0 heterocycles. The fourth-order valence-electron chi connectivity index (χ4n) is 0.322. The van der Waals surface area contributed by atoms with Crippen molar-refractivity contribution in [3.63, 3.8) is 0 Å². The average molecular weight is 204 g/mol. The van der Waals surface area contributed by atoms with E-state index < -0.39 is 11.9 Å². The number of hydrogen-bond acceptors (Lipinski definition) is 4. The molecule has 5 nitrogen and oxygen atoms in total. The molecule has 5 heteroatoms. The summed E-state index contributed by atoms with van der Waals surface area (Å²) in [5.74, 6) is -1.92. The van der Waals surface area contributed by atoms with E-state index in [9.17, 15) is 14.4 Å². The maximum atomic E-state index is 10.2. The Balaban J connectivity index is 0. The van der Waals surface area contributed by atoms with Crippen LogP contribution in [0.25, 0.3) is 0 Å². The van der Waals surface area contributed by atoms with Crippen molar-refractivity contribution < 1.29 is 24.2 Å². The van der Waals surface area contributed by atoms with Crippen molar-refractivity contribution in [3.05, 3.63) is 0 Å². The van der Waals surface area contributed by atoms with Crippen molar-refractivity contribution in [1.82, 2.24) is 0 Å². The zero-order chi connectivity index (χ0) is 11.4. The maximum absolute atomic E-state index is 10.2. The number of rotatable bonds is 5. The molecule has 0 aromatic carbocycles. The first kappa shape index (κ1) is 15.1. The Bertz CT molecular complexity index is 174. The van der Waals surface area contributed by atoms with Crippen LogP contribution in [0.15, 0.2) is 0 Å². The number of carbonyl (C=O) groups is 3. The van der Waals surface area contributed by atoms with Crippen molar-refractivity contribution >= 4 is 18.4 Å². The number of carboxylic acids is 1. The van der Waals surface area contributed by atoms with Crippen LogP contribution in [0.3, 0.4) is 0 Å². The van der Waals surface area contributed by atoms with Gasteiger partial charge in [-0.2, -0.15) is 0 Å². The van der Waals surface area contributed by atoms with Gasteiger partial charge >= 0.3 is 18.4 Å². The zero-order valence-electron chi connectivity index (χ0n) is 8.49. The second kappa shape index (κ2) is 11.6. The van der Waals surface area contributed by atoms with Gasteiger partial charge in [-0.3, -0.25) is 14.4 Å². The summed E-state index contributed by atoms with van der Waals surface area (Å²) in [6, 6.07) is 0. The molecule has 0 unspecified atom stereocenters. The standard InChI is InChI=1S/C5H6O5.C4H10/c6-3-10-5(9)2-1-4(7)8;1-3-4-2/h3H,1-2H2,(H,7,8);3-4H2,1-2H3. The van der Waals surface area contributed by atoms with E-state index in [0.717, 1.165) is 0 Å². The minimum atomic E-state index is -1.09. The van der Waals surface area contributed by atoms with Crippen molar-refractivity contribution in [3.8, 4) is 0 Å². The summed E-state index contributed by atoms with van der Waals surface area (Å²) in [5.41, 5.74) is 0. The highest BCUT2D eigenvalue weighted by Crippen LogP contribution is 1.90. The lowest BCUT2D eigenvalue weighted by Gasteiger charge is -1.91. The van der Waals surface area contributed by atoms with Crippen LogP contribution in [-0.4, -0.2) is 23.5 Å². The van der Waals surface area contributed by atoms with E-state index in [1.807, 2.05) is 0 Å². The first-order chi connectivity index (χ1) is 6.58. The van der Waals surface area contributed by atoms with Crippen molar-refractivity contribution in [2.45, 2.75) is 39.5 Å². The molecule has 0 aliphatic carbocycles. The molecule has 0 aliphatic heterocycles. The van der Waals surface area contributed by atoms with E-state index in [1.165, 1.54) is 12.8 Å². The quantitative estimate of drug-likeness (QED) is 0.415. The van der Waals surface area contributed by atoms with Crippen LogP contribution in [-0.2, 0) is 19.1 Å². The highest BCUT2D eigenvalue weighted by atomic mass is 16.6. The van der Waals surface area contributed by atoms with Crippen molar-refractivity contribution in [1.29, 1.82) is 0 Å². The Morgan fingerprint density at radius 1 is 1.21 bits per heavy atom. The summed E-state index contributed by atoms with van der Waals surface area (Å²) in [6.45, 7) is 4.34. The molecule has 0 aromatic rings. The average Bonchev–Trinajstić information content (AvgIpc) is 2.16. The monoisotopic (exact) mass is 204 g/mol. The van der Waals surface area contributed by atoms with E-state index in [4.69, 9.17) is 5.11 Å². The van der Waals surface area contributed by atoms with E-state index >= 15 is 0 Å². The van der Waals surface area contributed by atoms with Crippen LogP contribution in [0, 0.1) is 0 Å². The number of carbonyl (C=O) groups excluding carboxylic acids is 2. The molecule has 0 saturated heterocycles. The SMILES string of the molecule is CCCC.O=COC(=O)CCC(=O)O. The van der Waals surface area contributed by atoms with Gasteiger partial charge in [0.25, 0.3) is 0 Å². The number of hydrogen-bond donors (Lipinski definition) is 1. The molecule has 0 radical (unpaired) electrons. The second-order valence-corrected chi connectivity index (χ2v) is 2.48. The molecule has 0 atom stereocenters. The third-order valence-electron chi connectivity index (χ3n) is 1.22.